The highest BCUT2D eigenvalue weighted by Crippen LogP contribution is 2.30. The van der Waals surface area contributed by atoms with E-state index in [1.165, 1.54) is 60.5 Å². The fraction of sp³-hybridized carbons (Fsp3) is 0.458. The Morgan fingerprint density at radius 1 is 0.778 bits per heavy atom. The molecule has 0 amide bonds. The van der Waals surface area contributed by atoms with Crippen LogP contribution in [0.1, 0.15) is 46.0 Å². The quantitative estimate of drug-likeness (QED) is 0.441. The Kier molecular flexibility index (Phi) is 5.20. The van der Waals surface area contributed by atoms with E-state index in [0.717, 1.165) is 37.5 Å². The van der Waals surface area contributed by atoms with Crippen LogP contribution in [0.3, 0.4) is 0 Å². The van der Waals surface area contributed by atoms with E-state index in [9.17, 15) is 0 Å². The van der Waals surface area contributed by atoms with Crippen molar-refractivity contribution in [3.63, 3.8) is 0 Å². The van der Waals surface area contributed by atoms with E-state index < -0.39 is 0 Å². The minimum atomic E-state index is 0. The van der Waals surface area contributed by atoms with Gasteiger partial charge in [0.05, 0.1) is 6.07 Å². The lowest BCUT2D eigenvalue weighted by Gasteiger charge is -2.28. The summed E-state index contributed by atoms with van der Waals surface area (Å²) < 4.78 is 8.85. The molecule has 5 rings (SSSR count). The molecule has 4 aliphatic rings. The molecule has 2 fully saturated rings. The van der Waals surface area contributed by atoms with Gasteiger partial charge in [0.25, 0.3) is 0 Å². The van der Waals surface area contributed by atoms with E-state index in [1.807, 2.05) is 0 Å². The zero-order valence-electron chi connectivity index (χ0n) is 15.4. The summed E-state index contributed by atoms with van der Waals surface area (Å²) in [6.45, 7) is 4.66. The standard InChI is InChI=1S/C23H27N2O.CH4/c1-3-11-24(12-4-1)20-9-7-18-15-19-8-10-21(25-13-5-2-6-14-25)17-23(19)26-22(18)16-20;/h7-10,15-17H,1-6,11-14H2;1H4/q+1;. The predicted molar refractivity (Wildman–Crippen MR) is 114 cm³/mol. The first-order valence-electron chi connectivity index (χ1n) is 10.2. The van der Waals surface area contributed by atoms with E-state index >= 15 is 0 Å². The zero-order chi connectivity index (χ0) is 17.3. The van der Waals surface area contributed by atoms with Crippen LogP contribution in [-0.2, 0) is 0 Å². The van der Waals surface area contributed by atoms with E-state index in [-0.39, 0.29) is 7.43 Å². The summed E-state index contributed by atoms with van der Waals surface area (Å²) in [6, 6.07) is 15.6. The Morgan fingerprint density at radius 3 is 2.37 bits per heavy atom. The number of hydrogen-bond acceptors (Lipinski definition) is 2. The van der Waals surface area contributed by atoms with Gasteiger partial charge < -0.3 is 9.32 Å². The average molecular weight is 364 g/mol. The van der Waals surface area contributed by atoms with Gasteiger partial charge in [0.1, 0.15) is 24.4 Å². The average Bonchev–Trinajstić information content (AvgIpc) is 2.73. The first kappa shape index (κ1) is 18.1. The van der Waals surface area contributed by atoms with Gasteiger partial charge in [-0.2, -0.15) is 0 Å². The van der Waals surface area contributed by atoms with Crippen molar-refractivity contribution in [2.24, 2.45) is 0 Å². The van der Waals surface area contributed by atoms with Crippen molar-refractivity contribution in [1.82, 2.24) is 4.58 Å². The Labute approximate surface area is 162 Å². The van der Waals surface area contributed by atoms with E-state index in [0.29, 0.717) is 0 Å². The van der Waals surface area contributed by atoms with Crippen LogP contribution in [-0.4, -0.2) is 26.2 Å². The fourth-order valence-electron chi connectivity index (χ4n) is 4.44. The molecule has 2 saturated heterocycles. The number of rotatable bonds is 1. The van der Waals surface area contributed by atoms with Gasteiger partial charge in [-0.3, -0.25) is 0 Å². The highest BCUT2D eigenvalue weighted by atomic mass is 16.3. The summed E-state index contributed by atoms with van der Waals surface area (Å²) in [5, 5.41) is 2.48. The third-order valence-electron chi connectivity index (χ3n) is 5.97. The maximum absolute atomic E-state index is 6.36. The summed E-state index contributed by atoms with van der Waals surface area (Å²) in [5.74, 6) is 0.997. The maximum Gasteiger partial charge on any atom is 0.203 e. The minimum Gasteiger partial charge on any atom is -0.456 e. The van der Waals surface area contributed by atoms with Gasteiger partial charge in [0, 0.05) is 54.7 Å². The fourth-order valence-corrected chi connectivity index (χ4v) is 4.44. The van der Waals surface area contributed by atoms with Crippen LogP contribution in [0.25, 0.3) is 22.3 Å². The van der Waals surface area contributed by atoms with E-state index in [1.54, 1.807) is 0 Å². The summed E-state index contributed by atoms with van der Waals surface area (Å²) >= 11 is 0. The molecule has 0 radical (unpaired) electrons. The number of piperidine rings is 2. The third kappa shape index (κ3) is 3.60. The molecule has 27 heavy (non-hydrogen) atoms. The van der Waals surface area contributed by atoms with Crippen molar-refractivity contribution in [2.45, 2.75) is 46.0 Å². The molecule has 0 saturated carbocycles. The second-order valence-electron chi connectivity index (χ2n) is 7.79. The van der Waals surface area contributed by atoms with Crippen LogP contribution in [0, 0.1) is 0 Å². The number of fused-ring (bicyclic) bond motifs is 2. The summed E-state index contributed by atoms with van der Waals surface area (Å²) in [7, 11) is 0. The second-order valence-corrected chi connectivity index (χ2v) is 7.79. The molecule has 1 aromatic rings. The largest absolute Gasteiger partial charge is 0.456 e. The van der Waals surface area contributed by atoms with Crippen LogP contribution in [0.4, 0.5) is 5.69 Å². The first-order chi connectivity index (χ1) is 12.9. The third-order valence-corrected chi connectivity index (χ3v) is 5.97. The van der Waals surface area contributed by atoms with Gasteiger partial charge in [0.2, 0.25) is 5.36 Å². The minimum absolute atomic E-state index is 0. The van der Waals surface area contributed by atoms with Crippen molar-refractivity contribution in [2.75, 3.05) is 31.1 Å². The molecule has 142 valence electrons. The van der Waals surface area contributed by atoms with Gasteiger partial charge in [-0.15, -0.1) is 0 Å². The SMILES string of the molecule is C.c1cc(=[N+]2CCCCC2)cc2oc3cc(N4CCCCC4)ccc3cc1-2. The molecule has 1 aliphatic carbocycles. The van der Waals surface area contributed by atoms with Gasteiger partial charge >= 0.3 is 0 Å². The number of nitrogens with zero attached hydrogens (tertiary/aromatic N) is 2. The molecular weight excluding hydrogens is 332 g/mol. The Balaban J connectivity index is 0.00000180. The Bertz CT molecular complexity index is 958. The Hall–Kier alpha value is -2.29. The molecule has 3 heterocycles. The highest BCUT2D eigenvalue weighted by Gasteiger charge is 2.16. The summed E-state index contributed by atoms with van der Waals surface area (Å²) in [6.07, 6.45) is 7.91. The molecule has 3 nitrogen and oxygen atoms in total. The lowest BCUT2D eigenvalue weighted by Crippen LogP contribution is -2.34. The van der Waals surface area contributed by atoms with Crippen LogP contribution in [0.15, 0.2) is 46.9 Å². The lowest BCUT2D eigenvalue weighted by molar-refractivity contribution is 0.451. The molecule has 3 heteroatoms. The molecule has 0 unspecified atom stereocenters. The van der Waals surface area contributed by atoms with Gasteiger partial charge in [-0.25, -0.2) is 4.58 Å². The molecular formula is C24H31N2O+. The van der Waals surface area contributed by atoms with Crippen LogP contribution >= 0.6 is 0 Å². The zero-order valence-corrected chi connectivity index (χ0v) is 15.4. The van der Waals surface area contributed by atoms with E-state index in [2.05, 4.69) is 51.9 Å². The van der Waals surface area contributed by atoms with Gasteiger partial charge in [0.15, 0.2) is 0 Å². The van der Waals surface area contributed by atoms with Gasteiger partial charge in [-0.1, -0.05) is 7.43 Å². The summed E-state index contributed by atoms with van der Waals surface area (Å²) in [5.41, 5.74) is 3.48. The van der Waals surface area contributed by atoms with Crippen molar-refractivity contribution in [1.29, 1.82) is 0 Å². The van der Waals surface area contributed by atoms with Crippen LogP contribution in [0.2, 0.25) is 0 Å². The monoisotopic (exact) mass is 363 g/mol. The lowest BCUT2D eigenvalue weighted by atomic mass is 10.1. The van der Waals surface area contributed by atoms with Crippen molar-refractivity contribution in [3.8, 4) is 11.3 Å². The van der Waals surface area contributed by atoms with Crippen LogP contribution in [0.5, 0.6) is 0 Å². The predicted octanol–water partition coefficient (Wildman–Crippen LogP) is 5.12. The van der Waals surface area contributed by atoms with Crippen molar-refractivity contribution < 1.29 is 4.42 Å². The highest BCUT2D eigenvalue weighted by molar-refractivity contribution is 5.85. The number of anilines is 1. The number of benzene rings is 2. The molecule has 0 bridgehead atoms. The summed E-state index contributed by atoms with van der Waals surface area (Å²) in [4.78, 5) is 2.49. The molecule has 0 aromatic heterocycles. The Morgan fingerprint density at radius 2 is 1.56 bits per heavy atom. The smallest absolute Gasteiger partial charge is 0.203 e. The van der Waals surface area contributed by atoms with Crippen LogP contribution < -0.4 is 14.8 Å². The molecule has 1 aromatic carbocycles. The van der Waals surface area contributed by atoms with Gasteiger partial charge in [-0.05, 0) is 49.9 Å². The second kappa shape index (κ2) is 7.75. The molecule has 0 N–H and O–H groups in total. The first-order valence-corrected chi connectivity index (χ1v) is 10.2. The van der Waals surface area contributed by atoms with E-state index in [4.69, 9.17) is 4.42 Å². The number of hydrogen-bond donors (Lipinski definition) is 0. The maximum atomic E-state index is 6.36. The topological polar surface area (TPSA) is 19.4 Å². The molecule has 3 aliphatic heterocycles. The van der Waals surface area contributed by atoms with Crippen molar-refractivity contribution >= 4 is 16.7 Å². The molecule has 0 spiro atoms. The van der Waals surface area contributed by atoms with Crippen molar-refractivity contribution in [3.05, 3.63) is 47.8 Å². The normalized spacial score (nSPS) is 17.9. The molecule has 0 atom stereocenters.